The summed E-state index contributed by atoms with van der Waals surface area (Å²) in [5.74, 6) is -0.148. The summed E-state index contributed by atoms with van der Waals surface area (Å²) >= 11 is 0. The SMILES string of the molecule is COCO/C=C(/NC(C)=O)c1cccc2ccccc12. The van der Waals surface area contributed by atoms with Crippen molar-refractivity contribution in [2.24, 2.45) is 0 Å². The Morgan fingerprint density at radius 1 is 1.20 bits per heavy atom. The normalized spacial score (nSPS) is 11.4. The Morgan fingerprint density at radius 3 is 2.70 bits per heavy atom. The molecule has 104 valence electrons. The average Bonchev–Trinajstić information content (AvgIpc) is 2.45. The fourth-order valence-corrected chi connectivity index (χ4v) is 2.00. The summed E-state index contributed by atoms with van der Waals surface area (Å²) in [5.41, 5.74) is 1.53. The molecule has 1 amide bonds. The van der Waals surface area contributed by atoms with Crippen LogP contribution in [0.2, 0.25) is 0 Å². The van der Waals surface area contributed by atoms with Crippen LogP contribution in [0.4, 0.5) is 0 Å². The second kappa shape index (κ2) is 6.73. The molecule has 0 bridgehead atoms. The van der Waals surface area contributed by atoms with Gasteiger partial charge in [0.1, 0.15) is 6.26 Å². The zero-order chi connectivity index (χ0) is 14.4. The zero-order valence-electron chi connectivity index (χ0n) is 11.6. The van der Waals surface area contributed by atoms with Crippen LogP contribution in [0.15, 0.2) is 48.7 Å². The summed E-state index contributed by atoms with van der Waals surface area (Å²) in [6.45, 7) is 1.60. The molecule has 2 rings (SSSR count). The molecule has 0 unspecified atom stereocenters. The van der Waals surface area contributed by atoms with Crippen LogP contribution in [0.1, 0.15) is 12.5 Å². The van der Waals surface area contributed by atoms with Gasteiger partial charge in [-0.05, 0) is 10.8 Å². The summed E-state index contributed by atoms with van der Waals surface area (Å²) in [6, 6.07) is 13.9. The Bertz CT molecular complexity index is 629. The molecule has 0 saturated heterocycles. The molecule has 0 aliphatic carbocycles. The number of rotatable bonds is 5. The lowest BCUT2D eigenvalue weighted by Gasteiger charge is -2.12. The van der Waals surface area contributed by atoms with Crippen molar-refractivity contribution in [2.75, 3.05) is 13.9 Å². The molecule has 0 radical (unpaired) electrons. The highest BCUT2D eigenvalue weighted by molar-refractivity contribution is 5.96. The van der Waals surface area contributed by atoms with E-state index in [9.17, 15) is 4.79 Å². The summed E-state index contributed by atoms with van der Waals surface area (Å²) in [7, 11) is 1.55. The number of carbonyl (C=O) groups is 1. The van der Waals surface area contributed by atoms with Crippen LogP contribution in [0, 0.1) is 0 Å². The number of methoxy groups -OCH3 is 1. The van der Waals surface area contributed by atoms with E-state index in [4.69, 9.17) is 9.47 Å². The van der Waals surface area contributed by atoms with Crippen molar-refractivity contribution in [1.29, 1.82) is 0 Å². The molecule has 0 atom stereocenters. The number of ether oxygens (including phenoxy) is 2. The monoisotopic (exact) mass is 271 g/mol. The van der Waals surface area contributed by atoms with Gasteiger partial charge in [-0.15, -0.1) is 0 Å². The molecular formula is C16H17NO3. The van der Waals surface area contributed by atoms with Gasteiger partial charge in [0.25, 0.3) is 0 Å². The van der Waals surface area contributed by atoms with E-state index in [1.165, 1.54) is 13.2 Å². The van der Waals surface area contributed by atoms with E-state index >= 15 is 0 Å². The highest BCUT2D eigenvalue weighted by Gasteiger charge is 2.08. The minimum atomic E-state index is -0.148. The molecule has 2 aromatic rings. The Hall–Kier alpha value is -2.33. The van der Waals surface area contributed by atoms with Crippen LogP contribution >= 0.6 is 0 Å². The van der Waals surface area contributed by atoms with Gasteiger partial charge in [0.05, 0.1) is 5.70 Å². The average molecular weight is 271 g/mol. The van der Waals surface area contributed by atoms with Crippen LogP contribution in [-0.4, -0.2) is 19.8 Å². The molecule has 0 aliphatic rings. The van der Waals surface area contributed by atoms with Gasteiger partial charge < -0.3 is 14.8 Å². The Balaban J connectivity index is 2.45. The highest BCUT2D eigenvalue weighted by atomic mass is 16.7. The Morgan fingerprint density at radius 2 is 1.95 bits per heavy atom. The molecule has 0 fully saturated rings. The van der Waals surface area contributed by atoms with Gasteiger partial charge in [-0.3, -0.25) is 4.79 Å². The van der Waals surface area contributed by atoms with Crippen LogP contribution in [0.5, 0.6) is 0 Å². The molecule has 4 heteroatoms. The van der Waals surface area contributed by atoms with Gasteiger partial charge in [0.2, 0.25) is 5.91 Å². The van der Waals surface area contributed by atoms with Gasteiger partial charge >= 0.3 is 0 Å². The molecule has 2 aromatic carbocycles. The number of carbonyl (C=O) groups excluding carboxylic acids is 1. The summed E-state index contributed by atoms with van der Waals surface area (Å²) in [6.07, 6.45) is 1.51. The number of nitrogens with one attached hydrogen (secondary N) is 1. The van der Waals surface area contributed by atoms with Gasteiger partial charge in [0, 0.05) is 19.6 Å². The third kappa shape index (κ3) is 3.36. The maximum Gasteiger partial charge on any atom is 0.221 e. The number of fused-ring (bicyclic) bond motifs is 1. The first-order valence-electron chi connectivity index (χ1n) is 6.29. The quantitative estimate of drug-likeness (QED) is 0.517. The van der Waals surface area contributed by atoms with E-state index in [0.717, 1.165) is 16.3 Å². The number of benzene rings is 2. The molecule has 4 nitrogen and oxygen atoms in total. The van der Waals surface area contributed by atoms with Crippen LogP contribution < -0.4 is 5.32 Å². The Labute approximate surface area is 118 Å². The lowest BCUT2D eigenvalue weighted by molar-refractivity contribution is -0.117. The lowest BCUT2D eigenvalue weighted by atomic mass is 10.0. The second-order valence-corrected chi connectivity index (χ2v) is 4.31. The minimum absolute atomic E-state index is 0.133. The van der Waals surface area contributed by atoms with E-state index in [1.54, 1.807) is 7.11 Å². The van der Waals surface area contributed by atoms with Crippen molar-refractivity contribution in [1.82, 2.24) is 5.32 Å². The van der Waals surface area contributed by atoms with Crippen LogP contribution in [0.3, 0.4) is 0 Å². The van der Waals surface area contributed by atoms with E-state index in [-0.39, 0.29) is 12.7 Å². The minimum Gasteiger partial charge on any atom is -0.473 e. The van der Waals surface area contributed by atoms with Crippen molar-refractivity contribution in [3.05, 3.63) is 54.3 Å². The third-order valence-electron chi connectivity index (χ3n) is 2.78. The van der Waals surface area contributed by atoms with Crippen molar-refractivity contribution in [3.8, 4) is 0 Å². The molecule has 0 saturated carbocycles. The maximum atomic E-state index is 11.4. The molecule has 0 aliphatic heterocycles. The molecule has 1 N–H and O–H groups in total. The number of amides is 1. The molecule has 0 aromatic heterocycles. The highest BCUT2D eigenvalue weighted by Crippen LogP contribution is 2.23. The third-order valence-corrected chi connectivity index (χ3v) is 2.78. The zero-order valence-corrected chi connectivity index (χ0v) is 11.6. The number of hydrogen-bond acceptors (Lipinski definition) is 3. The molecule has 20 heavy (non-hydrogen) atoms. The molecular weight excluding hydrogens is 254 g/mol. The van der Waals surface area contributed by atoms with E-state index in [1.807, 2.05) is 42.5 Å². The molecule has 0 heterocycles. The van der Waals surface area contributed by atoms with Crippen molar-refractivity contribution >= 4 is 22.4 Å². The predicted molar refractivity (Wildman–Crippen MR) is 78.7 cm³/mol. The van der Waals surface area contributed by atoms with E-state index in [0.29, 0.717) is 5.70 Å². The van der Waals surface area contributed by atoms with Crippen molar-refractivity contribution in [3.63, 3.8) is 0 Å². The summed E-state index contributed by atoms with van der Waals surface area (Å²) in [4.78, 5) is 11.4. The first-order chi connectivity index (χ1) is 9.72. The first kappa shape index (κ1) is 14.1. The topological polar surface area (TPSA) is 47.6 Å². The predicted octanol–water partition coefficient (Wildman–Crippen LogP) is 2.89. The van der Waals surface area contributed by atoms with Crippen LogP contribution in [0.25, 0.3) is 16.5 Å². The van der Waals surface area contributed by atoms with E-state index < -0.39 is 0 Å². The Kier molecular flexibility index (Phi) is 4.74. The van der Waals surface area contributed by atoms with E-state index in [2.05, 4.69) is 5.32 Å². The molecule has 0 spiro atoms. The smallest absolute Gasteiger partial charge is 0.221 e. The van der Waals surface area contributed by atoms with Gasteiger partial charge in [0.15, 0.2) is 6.79 Å². The number of hydrogen-bond donors (Lipinski definition) is 1. The summed E-state index contributed by atoms with van der Waals surface area (Å²) in [5, 5.41) is 4.95. The summed E-state index contributed by atoms with van der Waals surface area (Å²) < 4.78 is 10.1. The lowest BCUT2D eigenvalue weighted by Crippen LogP contribution is -2.18. The van der Waals surface area contributed by atoms with Gasteiger partial charge in [-0.1, -0.05) is 42.5 Å². The van der Waals surface area contributed by atoms with Crippen LogP contribution in [-0.2, 0) is 14.3 Å². The first-order valence-corrected chi connectivity index (χ1v) is 6.29. The van der Waals surface area contributed by atoms with Crippen molar-refractivity contribution in [2.45, 2.75) is 6.92 Å². The van der Waals surface area contributed by atoms with Gasteiger partial charge in [-0.2, -0.15) is 0 Å². The fourth-order valence-electron chi connectivity index (χ4n) is 2.00. The maximum absolute atomic E-state index is 11.4. The second-order valence-electron chi connectivity index (χ2n) is 4.31. The fraction of sp³-hybridized carbons (Fsp3) is 0.188. The van der Waals surface area contributed by atoms with Gasteiger partial charge in [-0.25, -0.2) is 0 Å². The van der Waals surface area contributed by atoms with Crippen molar-refractivity contribution < 1.29 is 14.3 Å². The standard InChI is InChI=1S/C16H17NO3/c1-12(18)17-16(10-20-11-19-2)15-9-5-7-13-6-3-4-8-14(13)15/h3-10H,11H2,1-2H3,(H,17,18)/b16-10+. The largest absolute Gasteiger partial charge is 0.473 e.